The van der Waals surface area contributed by atoms with Gasteiger partial charge in [-0.05, 0) is 35.8 Å². The predicted molar refractivity (Wildman–Crippen MR) is 93.5 cm³/mol. The lowest BCUT2D eigenvalue weighted by atomic mass is 10.0. The summed E-state index contributed by atoms with van der Waals surface area (Å²) in [7, 11) is 0. The van der Waals surface area contributed by atoms with Gasteiger partial charge in [-0.1, -0.05) is 48.5 Å². The Hall–Kier alpha value is -1.52. The molecule has 2 aromatic rings. The molecule has 1 aliphatic rings. The first-order chi connectivity index (χ1) is 10.3. The number of nitrogens with one attached hydrogen (secondary N) is 2. The number of fused-ring (bicyclic) bond motifs is 1. The molecule has 1 heterocycles. The van der Waals surface area contributed by atoms with E-state index in [0.717, 1.165) is 23.8 Å². The molecule has 21 heavy (non-hydrogen) atoms. The van der Waals surface area contributed by atoms with Crippen molar-refractivity contribution < 1.29 is 0 Å². The summed E-state index contributed by atoms with van der Waals surface area (Å²) in [6.45, 7) is 0.760. The maximum Gasteiger partial charge on any atom is 0.167 e. The van der Waals surface area contributed by atoms with Crippen LogP contribution in [0.5, 0.6) is 0 Å². The van der Waals surface area contributed by atoms with E-state index in [1.54, 1.807) is 0 Å². The first-order valence-electron chi connectivity index (χ1n) is 7.13. The zero-order valence-electron chi connectivity index (χ0n) is 11.7. The van der Waals surface area contributed by atoms with E-state index in [-0.39, 0.29) is 0 Å². The molecule has 2 nitrogen and oxygen atoms in total. The van der Waals surface area contributed by atoms with Crippen LogP contribution in [0.15, 0.2) is 59.5 Å². The van der Waals surface area contributed by atoms with Crippen LogP contribution in [-0.2, 0) is 6.54 Å². The maximum atomic E-state index is 5.43. The monoisotopic (exact) mass is 314 g/mol. The van der Waals surface area contributed by atoms with Crippen molar-refractivity contribution in [3.63, 3.8) is 0 Å². The highest BCUT2D eigenvalue weighted by Crippen LogP contribution is 2.35. The van der Waals surface area contributed by atoms with Gasteiger partial charge in [0.25, 0.3) is 0 Å². The second-order valence-electron chi connectivity index (χ2n) is 5.04. The van der Waals surface area contributed by atoms with Gasteiger partial charge in [0, 0.05) is 17.2 Å². The Kier molecular flexibility index (Phi) is 4.78. The van der Waals surface area contributed by atoms with Crippen molar-refractivity contribution in [1.29, 1.82) is 0 Å². The number of thioether (sulfide) groups is 1. The van der Waals surface area contributed by atoms with E-state index < -0.39 is 0 Å². The second-order valence-corrected chi connectivity index (χ2v) is 6.59. The van der Waals surface area contributed by atoms with Crippen LogP contribution in [0, 0.1) is 0 Å². The van der Waals surface area contributed by atoms with Crippen LogP contribution in [-0.4, -0.2) is 10.9 Å². The summed E-state index contributed by atoms with van der Waals surface area (Å²) >= 11 is 7.36. The molecule has 108 valence electrons. The van der Waals surface area contributed by atoms with Gasteiger partial charge in [0.2, 0.25) is 0 Å². The van der Waals surface area contributed by atoms with Crippen molar-refractivity contribution in [2.24, 2.45) is 0 Å². The standard InChI is InChI=1S/C17H18N2S2/c20-17(18-12-13-6-2-1-3-7-13)19-15-10-11-21-16-9-5-4-8-14(15)16/h1-9,15H,10-12H2,(H2,18,19,20)/t15-/m1/s1. The van der Waals surface area contributed by atoms with Crippen molar-refractivity contribution in [3.05, 3.63) is 65.7 Å². The van der Waals surface area contributed by atoms with E-state index in [0.29, 0.717) is 6.04 Å². The molecule has 0 unspecified atom stereocenters. The minimum Gasteiger partial charge on any atom is -0.359 e. The normalized spacial score (nSPS) is 16.9. The lowest BCUT2D eigenvalue weighted by Gasteiger charge is -2.27. The molecule has 0 saturated carbocycles. The smallest absolute Gasteiger partial charge is 0.167 e. The fourth-order valence-corrected chi connectivity index (χ4v) is 3.82. The van der Waals surface area contributed by atoms with Crippen molar-refractivity contribution in [1.82, 2.24) is 10.6 Å². The van der Waals surface area contributed by atoms with Crippen LogP contribution < -0.4 is 10.6 Å². The average Bonchev–Trinajstić information content (AvgIpc) is 2.54. The molecule has 0 aliphatic carbocycles. The highest BCUT2D eigenvalue weighted by molar-refractivity contribution is 7.99. The molecular weight excluding hydrogens is 296 g/mol. The van der Waals surface area contributed by atoms with Crippen LogP contribution >= 0.6 is 24.0 Å². The lowest BCUT2D eigenvalue weighted by Crippen LogP contribution is -2.38. The first-order valence-corrected chi connectivity index (χ1v) is 8.52. The molecule has 0 spiro atoms. The fraction of sp³-hybridized carbons (Fsp3) is 0.235. The van der Waals surface area contributed by atoms with E-state index >= 15 is 0 Å². The van der Waals surface area contributed by atoms with Gasteiger partial charge in [-0.15, -0.1) is 11.8 Å². The molecule has 3 rings (SSSR count). The Morgan fingerprint density at radius 3 is 2.71 bits per heavy atom. The average molecular weight is 314 g/mol. The summed E-state index contributed by atoms with van der Waals surface area (Å²) in [6.07, 6.45) is 1.11. The summed E-state index contributed by atoms with van der Waals surface area (Å²) in [5.74, 6) is 1.13. The molecule has 4 heteroatoms. The lowest BCUT2D eigenvalue weighted by molar-refractivity contribution is 0.603. The van der Waals surface area contributed by atoms with Gasteiger partial charge in [-0.2, -0.15) is 0 Å². The largest absolute Gasteiger partial charge is 0.359 e. The van der Waals surface area contributed by atoms with Gasteiger partial charge in [0.1, 0.15) is 0 Å². The molecule has 2 N–H and O–H groups in total. The first kappa shape index (κ1) is 14.4. The van der Waals surface area contributed by atoms with Gasteiger partial charge < -0.3 is 10.6 Å². The van der Waals surface area contributed by atoms with Crippen molar-refractivity contribution >= 4 is 29.1 Å². The Bertz CT molecular complexity index is 613. The maximum absolute atomic E-state index is 5.43. The van der Waals surface area contributed by atoms with Crippen molar-refractivity contribution in [2.75, 3.05) is 5.75 Å². The molecule has 0 bridgehead atoms. The summed E-state index contributed by atoms with van der Waals surface area (Å²) in [6, 6.07) is 19.2. The zero-order chi connectivity index (χ0) is 14.5. The fourth-order valence-electron chi connectivity index (χ4n) is 2.48. The Labute approximate surface area is 135 Å². The number of hydrogen-bond acceptors (Lipinski definition) is 2. The van der Waals surface area contributed by atoms with Crippen LogP contribution in [0.25, 0.3) is 0 Å². The van der Waals surface area contributed by atoms with Gasteiger partial charge in [0.05, 0.1) is 6.04 Å². The molecule has 0 aromatic heterocycles. The molecule has 1 atom stereocenters. The highest BCUT2D eigenvalue weighted by Gasteiger charge is 2.20. The molecule has 0 saturated heterocycles. The topological polar surface area (TPSA) is 24.1 Å². The summed E-state index contributed by atoms with van der Waals surface area (Å²) in [4.78, 5) is 1.37. The molecule has 2 aromatic carbocycles. The van der Waals surface area contributed by atoms with E-state index in [4.69, 9.17) is 12.2 Å². The van der Waals surface area contributed by atoms with Crippen LogP contribution in [0.4, 0.5) is 0 Å². The third kappa shape index (κ3) is 3.77. The zero-order valence-corrected chi connectivity index (χ0v) is 13.3. The summed E-state index contributed by atoms with van der Waals surface area (Å²) < 4.78 is 0. The molecule has 0 radical (unpaired) electrons. The van der Waals surface area contributed by atoms with Crippen molar-refractivity contribution in [2.45, 2.75) is 23.9 Å². The Morgan fingerprint density at radius 1 is 1.10 bits per heavy atom. The third-order valence-electron chi connectivity index (χ3n) is 3.56. The van der Waals surface area contributed by atoms with Crippen LogP contribution in [0.3, 0.4) is 0 Å². The molecule has 0 amide bonds. The Balaban J connectivity index is 1.58. The minimum absolute atomic E-state index is 0.318. The van der Waals surface area contributed by atoms with E-state index in [1.807, 2.05) is 30.0 Å². The SMILES string of the molecule is S=C(NCc1ccccc1)N[C@@H]1CCSc2ccccc21. The van der Waals surface area contributed by atoms with E-state index in [9.17, 15) is 0 Å². The minimum atomic E-state index is 0.318. The number of benzene rings is 2. The summed E-state index contributed by atoms with van der Waals surface area (Å²) in [5, 5.41) is 7.47. The van der Waals surface area contributed by atoms with Crippen LogP contribution in [0.1, 0.15) is 23.6 Å². The van der Waals surface area contributed by atoms with Gasteiger partial charge in [0.15, 0.2) is 5.11 Å². The number of thiocarbonyl (C=S) groups is 1. The number of rotatable bonds is 3. The van der Waals surface area contributed by atoms with Gasteiger partial charge in [-0.3, -0.25) is 0 Å². The highest BCUT2D eigenvalue weighted by atomic mass is 32.2. The number of hydrogen-bond donors (Lipinski definition) is 2. The Morgan fingerprint density at radius 2 is 1.86 bits per heavy atom. The van der Waals surface area contributed by atoms with Gasteiger partial charge in [-0.25, -0.2) is 0 Å². The van der Waals surface area contributed by atoms with E-state index in [1.165, 1.54) is 16.0 Å². The van der Waals surface area contributed by atoms with Crippen molar-refractivity contribution in [3.8, 4) is 0 Å². The quantitative estimate of drug-likeness (QED) is 0.840. The van der Waals surface area contributed by atoms with E-state index in [2.05, 4.69) is 47.0 Å². The summed E-state index contributed by atoms with van der Waals surface area (Å²) in [5.41, 5.74) is 2.60. The molecular formula is C17H18N2S2. The van der Waals surface area contributed by atoms with Crippen LogP contribution in [0.2, 0.25) is 0 Å². The second kappa shape index (κ2) is 6.96. The molecule has 1 aliphatic heterocycles. The third-order valence-corrected chi connectivity index (χ3v) is 4.94. The predicted octanol–water partition coefficient (Wildman–Crippen LogP) is 3.89. The van der Waals surface area contributed by atoms with Gasteiger partial charge >= 0.3 is 0 Å². The molecule has 0 fully saturated rings.